The number of allylic oxidation sites excluding steroid dienone is 2. The third kappa shape index (κ3) is 2.54. The Morgan fingerprint density at radius 3 is 2.85 bits per heavy atom. The van der Waals surface area contributed by atoms with Gasteiger partial charge in [-0.15, -0.1) is 0 Å². The summed E-state index contributed by atoms with van der Waals surface area (Å²) in [6.07, 6.45) is 4.45. The second-order valence-corrected chi connectivity index (χ2v) is 2.64. The number of carboxylic acids is 1. The summed E-state index contributed by atoms with van der Waals surface area (Å²) in [6.45, 7) is 0. The van der Waals surface area contributed by atoms with Gasteiger partial charge in [-0.3, -0.25) is 0 Å². The number of aliphatic carboxylic acids is 1. The van der Waals surface area contributed by atoms with Crippen LogP contribution in [0.3, 0.4) is 0 Å². The van der Waals surface area contributed by atoms with Gasteiger partial charge in [-0.25, -0.2) is 0 Å². The van der Waals surface area contributed by atoms with E-state index in [2.05, 4.69) is 0 Å². The molecule has 0 radical (unpaired) electrons. The Bertz CT molecular complexity index is 288. The van der Waals surface area contributed by atoms with E-state index in [0.29, 0.717) is 5.57 Å². The molecule has 1 aliphatic carbocycles. The highest BCUT2D eigenvalue weighted by atomic mass is 16.4. The molecule has 0 saturated carbocycles. The topological polar surface area (TPSA) is 80.6 Å². The van der Waals surface area contributed by atoms with Crippen molar-refractivity contribution in [1.82, 2.24) is 0 Å². The Morgan fingerprint density at radius 2 is 2.23 bits per heavy atom. The maximum Gasteiger partial charge on any atom is 0.108 e. The van der Waals surface area contributed by atoms with Gasteiger partial charge in [0.15, 0.2) is 0 Å². The average molecular weight is 181 g/mol. The van der Waals surface area contributed by atoms with E-state index in [0.717, 1.165) is 6.08 Å². The van der Waals surface area contributed by atoms with Crippen LogP contribution < -0.4 is 5.11 Å². The lowest BCUT2D eigenvalue weighted by molar-refractivity contribution is -0.297. The molecule has 0 spiro atoms. The summed E-state index contributed by atoms with van der Waals surface area (Å²) in [4.78, 5) is 10.0. The van der Waals surface area contributed by atoms with Crippen molar-refractivity contribution in [1.29, 1.82) is 0 Å². The Morgan fingerprint density at radius 1 is 1.54 bits per heavy atom. The fourth-order valence-electron chi connectivity index (χ4n) is 1.000. The van der Waals surface area contributed by atoms with Gasteiger partial charge in [-0.2, -0.15) is 0 Å². The highest BCUT2D eigenvalue weighted by Crippen LogP contribution is 2.14. The molecule has 0 amide bonds. The molecule has 0 bridgehead atoms. The zero-order chi connectivity index (χ0) is 9.84. The van der Waals surface area contributed by atoms with Gasteiger partial charge < -0.3 is 20.1 Å². The number of carboxylic acid groups (broad SMARTS) is 1. The van der Waals surface area contributed by atoms with Crippen LogP contribution in [0.25, 0.3) is 0 Å². The molecule has 1 rings (SSSR count). The summed E-state index contributed by atoms with van der Waals surface area (Å²) in [6, 6.07) is 0. The summed E-state index contributed by atoms with van der Waals surface area (Å²) >= 11 is 0. The molecule has 0 heterocycles. The molecule has 13 heavy (non-hydrogen) atoms. The molecule has 0 saturated heterocycles. The van der Waals surface area contributed by atoms with Crippen molar-refractivity contribution >= 4 is 5.97 Å². The maximum absolute atomic E-state index is 10.0. The minimum absolute atomic E-state index is 0.346. The van der Waals surface area contributed by atoms with Crippen molar-refractivity contribution in [3.8, 4) is 0 Å². The SMILES string of the molecule is O=C([O-])/C=C/C1=CC=C[C@H](O)[C@@H]1O. The van der Waals surface area contributed by atoms with Gasteiger partial charge >= 0.3 is 0 Å². The summed E-state index contributed by atoms with van der Waals surface area (Å²) in [7, 11) is 0. The third-order valence-electron chi connectivity index (χ3n) is 1.67. The van der Waals surface area contributed by atoms with Crippen molar-refractivity contribution in [3.63, 3.8) is 0 Å². The number of rotatable bonds is 2. The van der Waals surface area contributed by atoms with Gasteiger partial charge in [0.05, 0.1) is 5.97 Å². The number of carbonyl (C=O) groups excluding carboxylic acids is 1. The van der Waals surface area contributed by atoms with Crippen LogP contribution in [0.5, 0.6) is 0 Å². The molecule has 0 unspecified atom stereocenters. The minimum atomic E-state index is -1.34. The molecular formula is C9H9O4-. The quantitative estimate of drug-likeness (QED) is 0.508. The molecule has 0 fully saturated rings. The van der Waals surface area contributed by atoms with E-state index in [1.54, 1.807) is 6.08 Å². The molecule has 2 N–H and O–H groups in total. The molecule has 0 aromatic carbocycles. The minimum Gasteiger partial charge on any atom is -0.545 e. The van der Waals surface area contributed by atoms with Crippen molar-refractivity contribution in [2.75, 3.05) is 0 Å². The van der Waals surface area contributed by atoms with Crippen LogP contribution in [0.2, 0.25) is 0 Å². The Balaban J connectivity index is 2.74. The van der Waals surface area contributed by atoms with Crippen LogP contribution in [0, 0.1) is 0 Å². The molecule has 4 nitrogen and oxygen atoms in total. The largest absolute Gasteiger partial charge is 0.545 e. The molecule has 1 aliphatic rings. The smallest absolute Gasteiger partial charge is 0.108 e. The van der Waals surface area contributed by atoms with Crippen molar-refractivity contribution in [2.45, 2.75) is 12.2 Å². The zero-order valence-corrected chi connectivity index (χ0v) is 6.75. The van der Waals surface area contributed by atoms with Gasteiger partial charge in [0.2, 0.25) is 0 Å². The highest BCUT2D eigenvalue weighted by molar-refractivity contribution is 5.78. The average Bonchev–Trinajstić information content (AvgIpc) is 2.07. The van der Waals surface area contributed by atoms with Crippen molar-refractivity contribution in [3.05, 3.63) is 36.0 Å². The Hall–Kier alpha value is -1.39. The van der Waals surface area contributed by atoms with Crippen LogP contribution >= 0.6 is 0 Å². The number of hydrogen-bond donors (Lipinski definition) is 2. The third-order valence-corrected chi connectivity index (χ3v) is 1.67. The molecule has 0 aromatic heterocycles. The summed E-state index contributed by atoms with van der Waals surface area (Å²) in [5.41, 5.74) is 0.346. The fraction of sp³-hybridized carbons (Fsp3) is 0.222. The van der Waals surface area contributed by atoms with Crippen LogP contribution in [-0.2, 0) is 4.79 Å². The van der Waals surface area contributed by atoms with Crippen molar-refractivity contribution < 1.29 is 20.1 Å². The van der Waals surface area contributed by atoms with Gasteiger partial charge in [-0.05, 0) is 11.6 Å². The van der Waals surface area contributed by atoms with E-state index in [1.165, 1.54) is 18.2 Å². The lowest BCUT2D eigenvalue weighted by atomic mass is 9.99. The Kier molecular flexibility index (Phi) is 3.00. The van der Waals surface area contributed by atoms with Gasteiger partial charge in [0.25, 0.3) is 0 Å². The van der Waals surface area contributed by atoms with E-state index < -0.39 is 18.2 Å². The van der Waals surface area contributed by atoms with Crippen LogP contribution in [0.1, 0.15) is 0 Å². The highest BCUT2D eigenvalue weighted by Gasteiger charge is 2.18. The standard InChI is InChI=1S/C9H10O4/c10-7-3-1-2-6(9(7)13)4-5-8(11)12/h1-5,7,9-10,13H,(H,11,12)/p-1/b5-4+/t7-,9+/m0/s1. The molecule has 0 aromatic rings. The maximum atomic E-state index is 10.0. The molecule has 4 heteroatoms. The lowest BCUT2D eigenvalue weighted by Crippen LogP contribution is -2.27. The lowest BCUT2D eigenvalue weighted by Gasteiger charge is -2.18. The van der Waals surface area contributed by atoms with E-state index >= 15 is 0 Å². The summed E-state index contributed by atoms with van der Waals surface area (Å²) in [5.74, 6) is -1.34. The normalized spacial score (nSPS) is 27.7. The van der Waals surface area contributed by atoms with Crippen molar-refractivity contribution in [2.24, 2.45) is 0 Å². The molecule has 0 aliphatic heterocycles. The predicted octanol–water partition coefficient (Wildman–Crippen LogP) is -1.49. The molecular weight excluding hydrogens is 172 g/mol. The number of hydrogen-bond acceptors (Lipinski definition) is 4. The zero-order valence-electron chi connectivity index (χ0n) is 6.75. The van der Waals surface area contributed by atoms with E-state index in [1.807, 2.05) is 0 Å². The van der Waals surface area contributed by atoms with Gasteiger partial charge in [-0.1, -0.05) is 24.3 Å². The second-order valence-electron chi connectivity index (χ2n) is 2.64. The van der Waals surface area contributed by atoms with Gasteiger partial charge in [0, 0.05) is 0 Å². The second kappa shape index (κ2) is 4.02. The van der Waals surface area contributed by atoms with Crippen LogP contribution in [-0.4, -0.2) is 28.4 Å². The molecule has 70 valence electrons. The summed E-state index contributed by atoms with van der Waals surface area (Å²) < 4.78 is 0. The van der Waals surface area contributed by atoms with E-state index in [9.17, 15) is 15.0 Å². The first-order valence-corrected chi connectivity index (χ1v) is 3.75. The van der Waals surface area contributed by atoms with Crippen LogP contribution in [0.15, 0.2) is 36.0 Å². The number of carbonyl (C=O) groups is 1. The van der Waals surface area contributed by atoms with Gasteiger partial charge in [0.1, 0.15) is 12.2 Å². The first kappa shape index (κ1) is 9.70. The fourth-order valence-corrected chi connectivity index (χ4v) is 1.000. The number of aliphatic hydroxyl groups is 2. The Labute approximate surface area is 75.1 Å². The summed E-state index contributed by atoms with van der Waals surface area (Å²) in [5, 5.41) is 28.5. The monoisotopic (exact) mass is 181 g/mol. The molecule has 2 atom stereocenters. The predicted molar refractivity (Wildman–Crippen MR) is 43.4 cm³/mol. The number of aliphatic hydroxyl groups excluding tert-OH is 2. The first-order valence-electron chi connectivity index (χ1n) is 3.75. The van der Waals surface area contributed by atoms with E-state index in [4.69, 9.17) is 5.11 Å². The first-order chi connectivity index (χ1) is 6.11. The van der Waals surface area contributed by atoms with Crippen LogP contribution in [0.4, 0.5) is 0 Å². The van der Waals surface area contributed by atoms with E-state index in [-0.39, 0.29) is 0 Å².